The first kappa shape index (κ1) is 24.1. The van der Waals surface area contributed by atoms with E-state index in [0.717, 1.165) is 5.56 Å². The van der Waals surface area contributed by atoms with E-state index in [2.05, 4.69) is 20.3 Å². The van der Waals surface area contributed by atoms with Crippen molar-refractivity contribution in [3.8, 4) is 0 Å². The summed E-state index contributed by atoms with van der Waals surface area (Å²) in [5, 5.41) is 2.94. The van der Waals surface area contributed by atoms with Gasteiger partial charge < -0.3 is 24.7 Å². The Hall–Kier alpha value is -2.52. The number of imidazole rings is 1. The first-order chi connectivity index (χ1) is 15.0. The first-order valence-corrected chi connectivity index (χ1v) is 12.1. The van der Waals surface area contributed by atoms with Gasteiger partial charge in [-0.2, -0.15) is 9.97 Å². The number of amides is 1. The Labute approximate surface area is 191 Å². The van der Waals surface area contributed by atoms with Crippen molar-refractivity contribution >= 4 is 47.9 Å². The van der Waals surface area contributed by atoms with E-state index in [4.69, 9.17) is 26.4 Å². The maximum absolute atomic E-state index is 12.9. The van der Waals surface area contributed by atoms with Crippen LogP contribution in [0.5, 0.6) is 0 Å². The molecule has 0 saturated carbocycles. The van der Waals surface area contributed by atoms with Crippen LogP contribution in [-0.4, -0.2) is 43.8 Å². The molecular weight excluding hydrogens is 455 g/mol. The van der Waals surface area contributed by atoms with Crippen LogP contribution < -0.4 is 11.1 Å². The predicted molar refractivity (Wildman–Crippen MR) is 124 cm³/mol. The minimum absolute atomic E-state index is 0.0573. The highest BCUT2D eigenvalue weighted by Gasteiger charge is 2.31. The Morgan fingerprint density at radius 1 is 1.22 bits per heavy atom. The molecule has 3 N–H and O–H groups in total. The van der Waals surface area contributed by atoms with Gasteiger partial charge in [-0.15, -0.1) is 0 Å². The molecule has 172 valence electrons. The lowest BCUT2D eigenvalue weighted by Crippen LogP contribution is -2.20. The number of nitrogen functional groups attached to an aromatic ring is 1. The SMILES string of the molecule is CC(C)OP(=O)(CC(=O)Nc1cccc(Cn2cnc3c(Cl)nc(N)nc32)c1)OC(C)C. The molecule has 3 aromatic rings. The molecule has 12 heteroatoms. The van der Waals surface area contributed by atoms with Crippen LogP contribution in [0, 0.1) is 0 Å². The smallest absolute Gasteiger partial charge is 0.340 e. The Morgan fingerprint density at radius 3 is 2.56 bits per heavy atom. The van der Waals surface area contributed by atoms with E-state index in [0.29, 0.717) is 23.4 Å². The fourth-order valence-corrected chi connectivity index (χ4v) is 5.24. The molecular formula is C20H26ClN6O4P. The summed E-state index contributed by atoms with van der Waals surface area (Å²) in [4.78, 5) is 24.9. The van der Waals surface area contributed by atoms with Crippen molar-refractivity contribution in [3.05, 3.63) is 41.3 Å². The van der Waals surface area contributed by atoms with Gasteiger partial charge in [0.15, 0.2) is 10.8 Å². The largest absolute Gasteiger partial charge is 0.368 e. The summed E-state index contributed by atoms with van der Waals surface area (Å²) in [6, 6.07) is 7.23. The number of nitrogens with one attached hydrogen (secondary N) is 1. The van der Waals surface area contributed by atoms with Gasteiger partial charge in [0.1, 0.15) is 11.7 Å². The van der Waals surface area contributed by atoms with Gasteiger partial charge in [-0.25, -0.2) is 4.98 Å². The molecule has 2 aromatic heterocycles. The van der Waals surface area contributed by atoms with Crippen LogP contribution in [-0.2, 0) is 25.0 Å². The number of rotatable bonds is 9. The van der Waals surface area contributed by atoms with Gasteiger partial charge in [0, 0.05) is 5.69 Å². The number of aromatic nitrogens is 4. The summed E-state index contributed by atoms with van der Waals surface area (Å²) >= 11 is 6.08. The zero-order chi connectivity index (χ0) is 23.5. The number of nitrogens with two attached hydrogens (primary N) is 1. The van der Waals surface area contributed by atoms with Crippen LogP contribution in [0.4, 0.5) is 11.6 Å². The van der Waals surface area contributed by atoms with Gasteiger partial charge in [0.05, 0.1) is 25.1 Å². The summed E-state index contributed by atoms with van der Waals surface area (Å²) in [6.07, 6.45) is 0.534. The van der Waals surface area contributed by atoms with Gasteiger partial charge >= 0.3 is 7.60 Å². The lowest BCUT2D eigenvalue weighted by Gasteiger charge is -2.22. The third-order valence-corrected chi connectivity index (χ3v) is 6.51. The number of nitrogens with zero attached hydrogens (tertiary/aromatic N) is 4. The van der Waals surface area contributed by atoms with Crippen LogP contribution in [0.2, 0.25) is 5.15 Å². The van der Waals surface area contributed by atoms with Gasteiger partial charge in [-0.1, -0.05) is 23.7 Å². The number of benzene rings is 1. The standard InChI is InChI=1S/C20H26ClN6O4P/c1-12(2)30-32(29,31-13(3)4)10-16(28)24-15-7-5-6-14(8-15)9-27-11-23-17-18(21)25-20(22)26-19(17)27/h5-8,11-13H,9-10H2,1-4H3,(H,24,28)(H2,22,25,26). The van der Waals surface area contributed by atoms with Crippen molar-refractivity contribution < 1.29 is 18.4 Å². The van der Waals surface area contributed by atoms with Crippen LogP contribution in [0.25, 0.3) is 11.2 Å². The summed E-state index contributed by atoms with van der Waals surface area (Å²) < 4.78 is 25.6. The second kappa shape index (κ2) is 9.95. The molecule has 0 atom stereocenters. The van der Waals surface area contributed by atoms with Gasteiger partial charge in [0.2, 0.25) is 11.9 Å². The van der Waals surface area contributed by atoms with E-state index in [-0.39, 0.29) is 29.5 Å². The molecule has 3 rings (SSSR count). The maximum Gasteiger partial charge on any atom is 0.340 e. The second-order valence-electron chi connectivity index (χ2n) is 7.74. The van der Waals surface area contributed by atoms with Crippen molar-refractivity contribution in [1.82, 2.24) is 19.5 Å². The van der Waals surface area contributed by atoms with E-state index < -0.39 is 13.5 Å². The molecule has 2 heterocycles. The molecule has 0 radical (unpaired) electrons. The van der Waals surface area contributed by atoms with Crippen molar-refractivity contribution in [2.75, 3.05) is 17.2 Å². The Morgan fingerprint density at radius 2 is 1.91 bits per heavy atom. The number of fused-ring (bicyclic) bond motifs is 1. The van der Waals surface area contributed by atoms with E-state index in [1.54, 1.807) is 56.8 Å². The summed E-state index contributed by atoms with van der Waals surface area (Å²) in [5.74, 6) is -0.408. The third-order valence-electron chi connectivity index (χ3n) is 4.08. The lowest BCUT2D eigenvalue weighted by molar-refractivity contribution is -0.114. The topological polar surface area (TPSA) is 134 Å². The number of halogens is 1. The predicted octanol–water partition coefficient (Wildman–Crippen LogP) is 4.09. The van der Waals surface area contributed by atoms with Crippen LogP contribution >= 0.6 is 19.2 Å². The minimum Gasteiger partial charge on any atom is -0.368 e. The van der Waals surface area contributed by atoms with E-state index in [1.165, 1.54) is 0 Å². The maximum atomic E-state index is 12.9. The molecule has 0 fully saturated rings. The van der Waals surface area contributed by atoms with E-state index in [9.17, 15) is 9.36 Å². The number of hydrogen-bond acceptors (Lipinski definition) is 8. The molecule has 1 aromatic carbocycles. The average molecular weight is 481 g/mol. The monoisotopic (exact) mass is 480 g/mol. The van der Waals surface area contributed by atoms with Gasteiger partial charge in [-0.05, 0) is 45.4 Å². The number of carbonyl (C=O) groups is 1. The van der Waals surface area contributed by atoms with Crippen LogP contribution in [0.3, 0.4) is 0 Å². The molecule has 0 aliphatic rings. The molecule has 0 unspecified atom stereocenters. The molecule has 0 aliphatic heterocycles. The Kier molecular flexibility index (Phi) is 7.51. The highest BCUT2D eigenvalue weighted by molar-refractivity contribution is 7.55. The van der Waals surface area contributed by atoms with Crippen LogP contribution in [0.15, 0.2) is 30.6 Å². The normalized spacial score (nSPS) is 12.1. The zero-order valence-corrected chi connectivity index (χ0v) is 19.9. The summed E-state index contributed by atoms with van der Waals surface area (Å²) in [5.41, 5.74) is 8.08. The molecule has 1 amide bonds. The van der Waals surface area contributed by atoms with Crippen molar-refractivity contribution in [3.63, 3.8) is 0 Å². The summed E-state index contributed by atoms with van der Waals surface area (Å²) in [7, 11) is -3.58. The lowest BCUT2D eigenvalue weighted by atomic mass is 10.2. The molecule has 0 spiro atoms. The summed E-state index contributed by atoms with van der Waals surface area (Å²) in [6.45, 7) is 7.37. The fourth-order valence-electron chi connectivity index (χ4n) is 3.10. The van der Waals surface area contributed by atoms with Gasteiger partial charge in [0.25, 0.3) is 0 Å². The number of hydrogen-bond donors (Lipinski definition) is 2. The van der Waals surface area contributed by atoms with E-state index in [1.807, 2.05) is 6.07 Å². The van der Waals surface area contributed by atoms with Crippen molar-refractivity contribution in [2.45, 2.75) is 46.4 Å². The van der Waals surface area contributed by atoms with E-state index >= 15 is 0 Å². The first-order valence-electron chi connectivity index (χ1n) is 10.0. The fraction of sp³-hybridized carbons (Fsp3) is 0.400. The second-order valence-corrected chi connectivity index (χ2v) is 10.1. The molecule has 0 bridgehead atoms. The Balaban J connectivity index is 1.74. The molecule has 32 heavy (non-hydrogen) atoms. The third kappa shape index (κ3) is 6.26. The van der Waals surface area contributed by atoms with Gasteiger partial charge in [-0.3, -0.25) is 9.36 Å². The minimum atomic E-state index is -3.58. The molecule has 0 aliphatic carbocycles. The average Bonchev–Trinajstić information content (AvgIpc) is 3.03. The van der Waals surface area contributed by atoms with Crippen molar-refractivity contribution in [1.29, 1.82) is 0 Å². The number of anilines is 2. The molecule has 0 saturated heterocycles. The highest BCUT2D eigenvalue weighted by atomic mass is 35.5. The highest BCUT2D eigenvalue weighted by Crippen LogP contribution is 2.50. The number of carbonyl (C=O) groups excluding carboxylic acids is 1. The Bertz CT molecular complexity index is 1150. The van der Waals surface area contributed by atoms with Crippen LogP contribution in [0.1, 0.15) is 33.3 Å². The quantitative estimate of drug-likeness (QED) is 0.345. The van der Waals surface area contributed by atoms with Crippen molar-refractivity contribution in [2.24, 2.45) is 0 Å². The zero-order valence-electron chi connectivity index (χ0n) is 18.3. The molecule has 10 nitrogen and oxygen atoms in total.